The van der Waals surface area contributed by atoms with Gasteiger partial charge in [0, 0.05) is 11.3 Å². The molecule has 0 saturated carbocycles. The van der Waals surface area contributed by atoms with E-state index in [-0.39, 0.29) is 17.1 Å². The van der Waals surface area contributed by atoms with E-state index in [9.17, 15) is 22.4 Å². The first-order valence-electron chi connectivity index (χ1n) is 9.87. The van der Waals surface area contributed by atoms with Crippen LogP contribution in [0.4, 0.5) is 15.8 Å². The monoisotopic (exact) mass is 448 g/mol. The average Bonchev–Trinajstić information content (AvgIpc) is 2.78. The number of benzene rings is 3. The first-order valence-corrected chi connectivity index (χ1v) is 11.4. The Morgan fingerprint density at radius 1 is 0.906 bits per heavy atom. The second-order valence-electron chi connectivity index (χ2n) is 7.60. The topological polar surface area (TPSA) is 83.6 Å². The number of halogens is 1. The van der Waals surface area contributed by atoms with E-state index in [2.05, 4.69) is 5.32 Å². The van der Waals surface area contributed by atoms with Gasteiger partial charge >= 0.3 is 0 Å². The summed E-state index contributed by atoms with van der Waals surface area (Å²) in [6.07, 6.45) is 0. The van der Waals surface area contributed by atoms with Crippen LogP contribution < -0.4 is 10.2 Å². The zero-order valence-corrected chi connectivity index (χ0v) is 17.5. The molecule has 0 spiro atoms. The molecule has 32 heavy (non-hydrogen) atoms. The molecule has 8 heteroatoms. The van der Waals surface area contributed by atoms with Gasteiger partial charge in [-0.1, -0.05) is 36.4 Å². The van der Waals surface area contributed by atoms with Crippen LogP contribution in [0.15, 0.2) is 88.8 Å². The second-order valence-corrected chi connectivity index (χ2v) is 9.37. The van der Waals surface area contributed by atoms with Crippen molar-refractivity contribution < 1.29 is 22.4 Å². The lowest BCUT2D eigenvalue weighted by atomic mass is 9.87. The molecule has 6 nitrogen and oxygen atoms in total. The zero-order chi connectivity index (χ0) is 22.5. The van der Waals surface area contributed by atoms with Crippen molar-refractivity contribution in [3.05, 3.63) is 101 Å². The number of ketones is 1. The number of anilines is 2. The number of rotatable bonds is 3. The first kappa shape index (κ1) is 20.1. The van der Waals surface area contributed by atoms with Crippen LogP contribution in [0.1, 0.15) is 15.9 Å². The van der Waals surface area contributed by atoms with Gasteiger partial charge in [0.05, 0.1) is 28.2 Å². The number of carbonyl (C=O) groups excluding carboxylic acids is 2. The molecule has 0 saturated heterocycles. The van der Waals surface area contributed by atoms with Gasteiger partial charge in [-0.2, -0.15) is 0 Å². The minimum Gasteiger partial charge on any atom is -0.356 e. The smallest absolute Gasteiger partial charge is 0.244 e. The maximum absolute atomic E-state index is 13.5. The van der Waals surface area contributed by atoms with Gasteiger partial charge in [0.15, 0.2) is 5.78 Å². The molecule has 1 N–H and O–H groups in total. The molecule has 2 aliphatic heterocycles. The van der Waals surface area contributed by atoms with Gasteiger partial charge in [-0.25, -0.2) is 12.8 Å². The number of Topliss-reactive ketones (excluding diaryl/α,β-unsaturated/α-hetero) is 1. The van der Waals surface area contributed by atoms with Crippen molar-refractivity contribution in [1.82, 2.24) is 0 Å². The van der Waals surface area contributed by atoms with E-state index in [4.69, 9.17) is 0 Å². The maximum Gasteiger partial charge on any atom is 0.244 e. The highest BCUT2D eigenvalue weighted by molar-refractivity contribution is 7.94. The van der Waals surface area contributed by atoms with Gasteiger partial charge < -0.3 is 10.2 Å². The van der Waals surface area contributed by atoms with Crippen LogP contribution in [0.5, 0.6) is 0 Å². The van der Waals surface area contributed by atoms with Crippen LogP contribution in [0, 0.1) is 11.7 Å². The molecule has 3 aromatic carbocycles. The lowest BCUT2D eigenvalue weighted by Gasteiger charge is -2.35. The summed E-state index contributed by atoms with van der Waals surface area (Å²) in [6.45, 7) is 0.108. The van der Waals surface area contributed by atoms with Crippen molar-refractivity contribution in [3.63, 3.8) is 0 Å². The summed E-state index contributed by atoms with van der Waals surface area (Å²) in [4.78, 5) is 28.4. The largest absolute Gasteiger partial charge is 0.356 e. The highest BCUT2D eigenvalue weighted by Crippen LogP contribution is 2.38. The molecule has 160 valence electrons. The number of nitrogens with zero attached hydrogens (tertiary/aromatic N) is 1. The minimum atomic E-state index is -3.84. The third-order valence-electron chi connectivity index (χ3n) is 5.56. The van der Waals surface area contributed by atoms with E-state index in [0.29, 0.717) is 22.5 Å². The second kappa shape index (κ2) is 7.42. The van der Waals surface area contributed by atoms with Crippen LogP contribution in [0.25, 0.3) is 0 Å². The SMILES string of the molecule is O=C1c2ccccc2N(Cc2ccc(F)cc2)C(=O)C1C1=CS(=O)(=O)c2ccccc2N1. The van der Waals surface area contributed by atoms with Crippen LogP contribution in [-0.2, 0) is 21.2 Å². The molecule has 1 amide bonds. The van der Waals surface area contributed by atoms with Gasteiger partial charge in [0.2, 0.25) is 15.7 Å². The quantitative estimate of drug-likeness (QED) is 0.615. The fraction of sp³-hybridized carbons (Fsp3) is 0.0833. The number of amides is 1. The van der Waals surface area contributed by atoms with Gasteiger partial charge in [0.25, 0.3) is 0 Å². The molecule has 0 bridgehead atoms. The van der Waals surface area contributed by atoms with Crippen LogP contribution >= 0.6 is 0 Å². The summed E-state index contributed by atoms with van der Waals surface area (Å²) in [7, 11) is -3.84. The third-order valence-corrected chi connectivity index (χ3v) is 7.09. The van der Waals surface area contributed by atoms with Crippen LogP contribution in [-0.4, -0.2) is 20.1 Å². The molecule has 0 aliphatic carbocycles. The van der Waals surface area contributed by atoms with Gasteiger partial charge in [-0.3, -0.25) is 9.59 Å². The summed E-state index contributed by atoms with van der Waals surface area (Å²) in [5, 5.41) is 3.93. The number of hydrogen-bond acceptors (Lipinski definition) is 5. The molecule has 1 unspecified atom stereocenters. The minimum absolute atomic E-state index is 0.0114. The number of para-hydroxylation sites is 2. The van der Waals surface area contributed by atoms with Gasteiger partial charge in [-0.05, 0) is 42.0 Å². The number of hydrogen-bond donors (Lipinski definition) is 1. The standard InChI is InChI=1S/C24H17FN2O4S/c25-16-11-9-15(10-12-16)13-27-20-7-3-1-5-17(20)23(28)22(24(27)29)19-14-32(30,31)21-8-4-2-6-18(21)26-19/h1-12,14,22,26H,13H2. The summed E-state index contributed by atoms with van der Waals surface area (Å²) >= 11 is 0. The molecule has 0 radical (unpaired) electrons. The molecule has 2 heterocycles. The average molecular weight is 448 g/mol. The molecule has 2 aliphatic rings. The van der Waals surface area contributed by atoms with Crippen molar-refractivity contribution in [1.29, 1.82) is 0 Å². The Kier molecular flexibility index (Phi) is 4.67. The summed E-state index contributed by atoms with van der Waals surface area (Å²) < 4.78 is 38.9. The summed E-state index contributed by atoms with van der Waals surface area (Å²) in [5.74, 6) is -2.76. The predicted octanol–water partition coefficient (Wildman–Crippen LogP) is 3.91. The molecule has 0 aromatic heterocycles. The van der Waals surface area contributed by atoms with E-state index >= 15 is 0 Å². The van der Waals surface area contributed by atoms with Crippen molar-refractivity contribution in [2.24, 2.45) is 5.92 Å². The Morgan fingerprint density at radius 3 is 2.38 bits per heavy atom. The third kappa shape index (κ3) is 3.29. The Balaban J connectivity index is 1.60. The maximum atomic E-state index is 13.5. The zero-order valence-electron chi connectivity index (χ0n) is 16.7. The predicted molar refractivity (Wildman–Crippen MR) is 117 cm³/mol. The first-order chi connectivity index (χ1) is 15.3. The van der Waals surface area contributed by atoms with E-state index in [0.717, 1.165) is 5.41 Å². The number of fused-ring (bicyclic) bond motifs is 2. The molecule has 1 atom stereocenters. The highest BCUT2D eigenvalue weighted by atomic mass is 32.2. The van der Waals surface area contributed by atoms with Crippen molar-refractivity contribution >= 4 is 32.9 Å². The van der Waals surface area contributed by atoms with Crippen molar-refractivity contribution in [2.75, 3.05) is 10.2 Å². The number of carbonyl (C=O) groups is 2. The molecule has 3 aromatic rings. The molecular formula is C24H17FN2O4S. The van der Waals surface area contributed by atoms with Crippen LogP contribution in [0.2, 0.25) is 0 Å². The lowest BCUT2D eigenvalue weighted by Crippen LogP contribution is -2.46. The Labute approximate surface area is 183 Å². The molecule has 5 rings (SSSR count). The Hall–Kier alpha value is -3.78. The fourth-order valence-electron chi connectivity index (χ4n) is 4.04. The van der Waals surface area contributed by atoms with Crippen LogP contribution in [0.3, 0.4) is 0 Å². The number of sulfone groups is 1. The molecule has 0 fully saturated rings. The Bertz CT molecular complexity index is 1400. The van der Waals surface area contributed by atoms with E-state index in [1.54, 1.807) is 54.6 Å². The summed E-state index contributed by atoms with van der Waals surface area (Å²) in [6, 6.07) is 18.7. The normalized spacial score (nSPS) is 19.0. The van der Waals surface area contributed by atoms with Crippen molar-refractivity contribution in [2.45, 2.75) is 11.4 Å². The fourth-order valence-corrected chi connectivity index (χ4v) is 5.39. The number of nitrogens with one attached hydrogen (secondary N) is 1. The van der Waals surface area contributed by atoms with E-state index < -0.39 is 33.3 Å². The van der Waals surface area contributed by atoms with Gasteiger partial charge in [0.1, 0.15) is 11.7 Å². The van der Waals surface area contributed by atoms with Crippen molar-refractivity contribution in [3.8, 4) is 0 Å². The Morgan fingerprint density at radius 2 is 1.59 bits per heavy atom. The van der Waals surface area contributed by atoms with E-state index in [1.165, 1.54) is 23.1 Å². The summed E-state index contributed by atoms with van der Waals surface area (Å²) in [5.41, 5.74) is 1.75. The highest BCUT2D eigenvalue weighted by Gasteiger charge is 2.43. The van der Waals surface area contributed by atoms with Gasteiger partial charge in [-0.15, -0.1) is 0 Å². The van der Waals surface area contributed by atoms with E-state index in [1.807, 2.05) is 0 Å². The lowest BCUT2D eigenvalue weighted by molar-refractivity contribution is -0.120. The molecular weight excluding hydrogens is 431 g/mol.